The van der Waals surface area contributed by atoms with Gasteiger partial charge in [-0.1, -0.05) is 0 Å². The topological polar surface area (TPSA) is 87.8 Å². The lowest BCUT2D eigenvalue weighted by Crippen LogP contribution is -2.41. The molecule has 1 saturated heterocycles. The zero-order valence-corrected chi connectivity index (χ0v) is 11.1. The number of hydrogen-bond donors (Lipinski definition) is 2. The molecule has 7 heteroatoms. The Morgan fingerprint density at radius 3 is 2.71 bits per heavy atom. The van der Waals surface area contributed by atoms with Crippen molar-refractivity contribution in [1.29, 1.82) is 0 Å². The van der Waals surface area contributed by atoms with Crippen LogP contribution in [0.4, 0.5) is 0 Å². The minimum absolute atomic E-state index is 0.162. The second kappa shape index (κ2) is 4.08. The van der Waals surface area contributed by atoms with E-state index in [1.165, 1.54) is 11.3 Å². The molecule has 0 amide bonds. The van der Waals surface area contributed by atoms with E-state index in [0.717, 1.165) is 5.84 Å². The number of nitrogens with two attached hydrogens (primary N) is 1. The number of hydrogen-bond acceptors (Lipinski definition) is 4. The number of fused-ring (bicyclic) bond motifs is 1. The van der Waals surface area contributed by atoms with E-state index in [1.807, 2.05) is 20.8 Å². The Hall–Kier alpha value is -0.920. The molecule has 2 rings (SSSR count). The molecular weight excluding hydrogens is 240 g/mol. The zero-order valence-electron chi connectivity index (χ0n) is 10.3. The van der Waals surface area contributed by atoms with Crippen LogP contribution in [0.15, 0.2) is 16.3 Å². The van der Waals surface area contributed by atoms with Crippen molar-refractivity contribution >= 4 is 16.0 Å². The van der Waals surface area contributed by atoms with Gasteiger partial charge in [-0.2, -0.15) is 13.1 Å². The summed E-state index contributed by atoms with van der Waals surface area (Å²) in [6.45, 7) is 6.64. The van der Waals surface area contributed by atoms with Crippen LogP contribution in [0, 0.1) is 0 Å². The van der Waals surface area contributed by atoms with Crippen LogP contribution >= 0.6 is 0 Å². The maximum absolute atomic E-state index is 11.0. The van der Waals surface area contributed by atoms with Gasteiger partial charge in [-0.15, -0.1) is 0 Å². The van der Waals surface area contributed by atoms with Crippen LogP contribution in [0.1, 0.15) is 27.2 Å². The molecule has 2 aliphatic heterocycles. The summed E-state index contributed by atoms with van der Waals surface area (Å²) in [4.78, 5) is 6.58. The molecule has 1 fully saturated rings. The van der Waals surface area contributed by atoms with Gasteiger partial charge in [0.2, 0.25) is 0 Å². The molecule has 3 N–H and O–H groups in total. The summed E-state index contributed by atoms with van der Waals surface area (Å²) >= 11 is 0. The smallest absolute Gasteiger partial charge is 0.274 e. The minimum Gasteiger partial charge on any atom is -0.332 e. The number of amidine groups is 1. The van der Waals surface area contributed by atoms with Gasteiger partial charge < -0.3 is 4.90 Å². The summed E-state index contributed by atoms with van der Waals surface area (Å²) in [7, 11) is -3.64. The molecule has 6 nitrogen and oxygen atoms in total. The Morgan fingerprint density at radius 1 is 1.47 bits per heavy atom. The van der Waals surface area contributed by atoms with E-state index in [4.69, 9.17) is 5.14 Å². The van der Waals surface area contributed by atoms with Gasteiger partial charge in [-0.25, -0.2) is 5.14 Å². The van der Waals surface area contributed by atoms with Crippen molar-refractivity contribution in [2.45, 2.75) is 39.3 Å². The molecule has 0 spiro atoms. The van der Waals surface area contributed by atoms with Crippen molar-refractivity contribution in [2.24, 2.45) is 10.1 Å². The molecule has 2 heterocycles. The Kier molecular flexibility index (Phi) is 3.01. The summed E-state index contributed by atoms with van der Waals surface area (Å²) in [5.41, 5.74) is 2.38. The van der Waals surface area contributed by atoms with Crippen LogP contribution in [-0.2, 0) is 10.2 Å². The van der Waals surface area contributed by atoms with Crippen LogP contribution in [-0.4, -0.2) is 37.8 Å². The maximum atomic E-state index is 11.0. The molecule has 0 bridgehead atoms. The van der Waals surface area contributed by atoms with Crippen LogP contribution in [0.3, 0.4) is 0 Å². The van der Waals surface area contributed by atoms with Crippen molar-refractivity contribution in [1.82, 2.24) is 9.62 Å². The monoisotopic (exact) mass is 258 g/mol. The molecule has 0 aliphatic carbocycles. The number of nitrogens with zero attached hydrogens (tertiary/aromatic N) is 2. The first-order valence-electron chi connectivity index (χ1n) is 5.59. The fourth-order valence-electron chi connectivity index (χ4n) is 2.44. The first kappa shape index (κ1) is 12.5. The van der Waals surface area contributed by atoms with Gasteiger partial charge in [0.25, 0.3) is 10.2 Å². The van der Waals surface area contributed by atoms with Gasteiger partial charge in [-0.3, -0.25) is 4.99 Å². The highest BCUT2D eigenvalue weighted by molar-refractivity contribution is 7.87. The second-order valence-corrected chi connectivity index (χ2v) is 5.98. The van der Waals surface area contributed by atoms with E-state index in [1.54, 1.807) is 0 Å². The van der Waals surface area contributed by atoms with Gasteiger partial charge in [0.15, 0.2) is 0 Å². The molecule has 2 atom stereocenters. The molecular formula is C10H18N4O2S. The highest BCUT2D eigenvalue weighted by Crippen LogP contribution is 2.31. The quantitative estimate of drug-likeness (QED) is 0.728. The molecule has 0 unspecified atom stereocenters. The Balaban J connectivity index is 2.22. The lowest BCUT2D eigenvalue weighted by molar-refractivity contribution is 0.510. The first-order valence-corrected chi connectivity index (χ1v) is 7.14. The van der Waals surface area contributed by atoms with Gasteiger partial charge in [0.1, 0.15) is 5.84 Å². The number of aliphatic imine (C=N–C) groups is 1. The first-order chi connectivity index (χ1) is 7.78. The van der Waals surface area contributed by atoms with E-state index >= 15 is 0 Å². The lowest BCUT2D eigenvalue weighted by Gasteiger charge is -2.28. The number of nitrogens with one attached hydrogen (secondary N) is 1. The van der Waals surface area contributed by atoms with Crippen LogP contribution in [0.5, 0.6) is 0 Å². The van der Waals surface area contributed by atoms with Crippen LogP contribution in [0.2, 0.25) is 0 Å². The Bertz CT molecular complexity index is 494. The predicted molar refractivity (Wildman–Crippen MR) is 66.6 cm³/mol. The van der Waals surface area contributed by atoms with Crippen molar-refractivity contribution in [3.63, 3.8) is 0 Å². The normalized spacial score (nSPS) is 29.4. The summed E-state index contributed by atoms with van der Waals surface area (Å²) < 4.78 is 24.5. The van der Waals surface area contributed by atoms with Gasteiger partial charge in [-0.05, 0) is 26.3 Å². The molecule has 0 aromatic carbocycles. The summed E-state index contributed by atoms with van der Waals surface area (Å²) in [6.07, 6.45) is 0.680. The lowest BCUT2D eigenvalue weighted by atomic mass is 10.0. The molecule has 96 valence electrons. The molecule has 2 aliphatic rings. The molecule has 0 aromatic heterocycles. The summed E-state index contributed by atoms with van der Waals surface area (Å²) in [6, 6.07) is 0.0138. The molecule has 0 saturated carbocycles. The van der Waals surface area contributed by atoms with E-state index < -0.39 is 10.2 Å². The van der Waals surface area contributed by atoms with Gasteiger partial charge >= 0.3 is 0 Å². The highest BCUT2D eigenvalue weighted by Gasteiger charge is 2.34. The third kappa shape index (κ3) is 2.51. The average Bonchev–Trinajstić information content (AvgIpc) is 2.56. The zero-order chi connectivity index (χ0) is 12.8. The van der Waals surface area contributed by atoms with E-state index in [2.05, 4.69) is 14.6 Å². The molecule has 0 aromatic rings. The third-order valence-electron chi connectivity index (χ3n) is 3.35. The van der Waals surface area contributed by atoms with Crippen molar-refractivity contribution in [3.05, 3.63) is 11.3 Å². The predicted octanol–water partition coefficient (Wildman–Crippen LogP) is -0.0517. The summed E-state index contributed by atoms with van der Waals surface area (Å²) in [5, 5.41) is 5.00. The molecule has 17 heavy (non-hydrogen) atoms. The van der Waals surface area contributed by atoms with Crippen LogP contribution in [0.25, 0.3) is 0 Å². The van der Waals surface area contributed by atoms with E-state index in [9.17, 15) is 8.42 Å². The minimum atomic E-state index is -3.64. The Labute approximate surface area is 102 Å². The number of rotatable bonds is 2. The van der Waals surface area contributed by atoms with Crippen LogP contribution < -0.4 is 9.86 Å². The van der Waals surface area contributed by atoms with Gasteiger partial charge in [0, 0.05) is 24.7 Å². The third-order valence-corrected chi connectivity index (χ3v) is 4.01. The standard InChI is InChI=1S/C10H18N4O2S/c1-6-7(2)12-8(3)14-5-9(4-10(6)14)13-17(11,15)16/h7,9,13H,4-5H2,1-3H3,(H2,11,15,16)/t7-,9+/m1/s1. The molecule has 0 radical (unpaired) electrons. The fraction of sp³-hybridized carbons (Fsp3) is 0.700. The maximum Gasteiger partial charge on any atom is 0.274 e. The van der Waals surface area contributed by atoms with Crippen molar-refractivity contribution in [2.75, 3.05) is 6.54 Å². The summed E-state index contributed by atoms with van der Waals surface area (Å²) in [5.74, 6) is 0.941. The SMILES string of the molecule is CC1=N[C@H](C)C(C)=C2C[C@H](NS(N)(=O)=O)CN12. The van der Waals surface area contributed by atoms with Gasteiger partial charge in [0.05, 0.1) is 6.04 Å². The fourth-order valence-corrected chi connectivity index (χ4v) is 3.06. The highest BCUT2D eigenvalue weighted by atomic mass is 32.2. The van der Waals surface area contributed by atoms with E-state index in [0.29, 0.717) is 13.0 Å². The average molecular weight is 258 g/mol. The largest absolute Gasteiger partial charge is 0.332 e. The van der Waals surface area contributed by atoms with E-state index in [-0.39, 0.29) is 12.1 Å². The van der Waals surface area contributed by atoms with Crippen molar-refractivity contribution < 1.29 is 8.42 Å². The Morgan fingerprint density at radius 2 is 2.12 bits per heavy atom. The second-order valence-electron chi connectivity index (χ2n) is 4.66. The van der Waals surface area contributed by atoms with Crippen molar-refractivity contribution in [3.8, 4) is 0 Å².